The first kappa shape index (κ1) is 14.2. The second kappa shape index (κ2) is 7.43. The molecule has 0 bridgehead atoms. The van der Waals surface area contributed by atoms with E-state index in [0.29, 0.717) is 6.61 Å². The summed E-state index contributed by atoms with van der Waals surface area (Å²) in [5.41, 5.74) is 2.29. The minimum absolute atomic E-state index is 0.131. The standard InChI is InChI=1S/C15H18O3/c1-3-13-6-8-14(9-7-13)5-4-10-18-15(17)11-12(2)16/h3,6-9H,1,4-5,10-11H2,2H3. The van der Waals surface area contributed by atoms with Gasteiger partial charge in [-0.3, -0.25) is 9.59 Å². The molecule has 0 aliphatic rings. The van der Waals surface area contributed by atoms with Gasteiger partial charge < -0.3 is 4.74 Å². The summed E-state index contributed by atoms with van der Waals surface area (Å²) in [6.45, 7) is 5.43. The van der Waals surface area contributed by atoms with Gasteiger partial charge in [0.05, 0.1) is 6.61 Å². The third kappa shape index (κ3) is 5.43. The number of ketones is 1. The lowest BCUT2D eigenvalue weighted by atomic mass is 10.1. The molecular formula is C15H18O3. The minimum Gasteiger partial charge on any atom is -0.465 e. The first-order valence-corrected chi connectivity index (χ1v) is 5.98. The molecular weight excluding hydrogens is 228 g/mol. The van der Waals surface area contributed by atoms with Crippen molar-refractivity contribution in [3.05, 3.63) is 42.0 Å². The van der Waals surface area contributed by atoms with Gasteiger partial charge in [-0.2, -0.15) is 0 Å². The lowest BCUT2D eigenvalue weighted by molar-refractivity contribution is -0.145. The summed E-state index contributed by atoms with van der Waals surface area (Å²) in [5.74, 6) is -0.607. The van der Waals surface area contributed by atoms with Crippen LogP contribution in [-0.4, -0.2) is 18.4 Å². The molecule has 3 heteroatoms. The second-order valence-electron chi connectivity index (χ2n) is 4.15. The van der Waals surface area contributed by atoms with Crippen molar-refractivity contribution in [1.29, 1.82) is 0 Å². The zero-order valence-electron chi connectivity index (χ0n) is 10.6. The highest BCUT2D eigenvalue weighted by atomic mass is 16.5. The first-order chi connectivity index (χ1) is 8.61. The van der Waals surface area contributed by atoms with Gasteiger partial charge in [0.1, 0.15) is 12.2 Å². The van der Waals surface area contributed by atoms with E-state index in [4.69, 9.17) is 4.74 Å². The van der Waals surface area contributed by atoms with Gasteiger partial charge >= 0.3 is 5.97 Å². The molecule has 0 amide bonds. The SMILES string of the molecule is C=Cc1ccc(CCCOC(=O)CC(C)=O)cc1. The van der Waals surface area contributed by atoms with Gasteiger partial charge in [-0.15, -0.1) is 0 Å². The Balaban J connectivity index is 2.23. The van der Waals surface area contributed by atoms with Crippen LogP contribution in [0.2, 0.25) is 0 Å². The summed E-state index contributed by atoms with van der Waals surface area (Å²) in [7, 11) is 0. The Morgan fingerprint density at radius 2 is 1.94 bits per heavy atom. The molecule has 0 radical (unpaired) electrons. The van der Waals surface area contributed by atoms with Gasteiger partial charge in [0.2, 0.25) is 0 Å². The Labute approximate surface area is 107 Å². The topological polar surface area (TPSA) is 43.4 Å². The van der Waals surface area contributed by atoms with E-state index in [2.05, 4.69) is 6.58 Å². The fourth-order valence-electron chi connectivity index (χ4n) is 1.54. The number of hydrogen-bond donors (Lipinski definition) is 0. The quantitative estimate of drug-likeness (QED) is 0.422. The summed E-state index contributed by atoms with van der Waals surface area (Å²) in [6, 6.07) is 8.08. The lowest BCUT2D eigenvalue weighted by Crippen LogP contribution is -2.10. The molecule has 96 valence electrons. The summed E-state index contributed by atoms with van der Waals surface area (Å²) in [4.78, 5) is 21.8. The average Bonchev–Trinajstić information content (AvgIpc) is 2.34. The van der Waals surface area contributed by atoms with Gasteiger partial charge in [0.25, 0.3) is 0 Å². The highest BCUT2D eigenvalue weighted by molar-refractivity contribution is 5.94. The maximum absolute atomic E-state index is 11.1. The molecule has 1 rings (SSSR count). The molecule has 0 aromatic heterocycles. The fraction of sp³-hybridized carbons (Fsp3) is 0.333. The average molecular weight is 246 g/mol. The van der Waals surface area contributed by atoms with Crippen LogP contribution in [0.3, 0.4) is 0 Å². The number of rotatable bonds is 7. The monoisotopic (exact) mass is 246 g/mol. The number of benzene rings is 1. The molecule has 1 aromatic carbocycles. The van der Waals surface area contributed by atoms with Crippen LogP contribution in [0.4, 0.5) is 0 Å². The van der Waals surface area contributed by atoms with Crippen LogP contribution in [0.1, 0.15) is 30.9 Å². The van der Waals surface area contributed by atoms with Gasteiger partial charge in [-0.25, -0.2) is 0 Å². The van der Waals surface area contributed by atoms with Crippen LogP contribution in [0.5, 0.6) is 0 Å². The maximum Gasteiger partial charge on any atom is 0.313 e. The van der Waals surface area contributed by atoms with E-state index < -0.39 is 5.97 Å². The molecule has 0 atom stereocenters. The van der Waals surface area contributed by atoms with Crippen molar-refractivity contribution >= 4 is 17.8 Å². The van der Waals surface area contributed by atoms with Crippen molar-refractivity contribution in [1.82, 2.24) is 0 Å². The first-order valence-electron chi connectivity index (χ1n) is 5.98. The Morgan fingerprint density at radius 1 is 1.28 bits per heavy atom. The van der Waals surface area contributed by atoms with Crippen molar-refractivity contribution in [2.24, 2.45) is 0 Å². The molecule has 0 saturated carbocycles. The maximum atomic E-state index is 11.1. The number of Topliss-reactive ketones (excluding diaryl/α,β-unsaturated/α-hetero) is 1. The third-order valence-corrected chi connectivity index (χ3v) is 2.48. The van der Waals surface area contributed by atoms with Crippen molar-refractivity contribution in [2.45, 2.75) is 26.2 Å². The molecule has 0 fully saturated rings. The van der Waals surface area contributed by atoms with E-state index in [9.17, 15) is 9.59 Å². The fourth-order valence-corrected chi connectivity index (χ4v) is 1.54. The molecule has 0 spiro atoms. The number of carbonyl (C=O) groups is 2. The van der Waals surface area contributed by atoms with Gasteiger partial charge in [-0.05, 0) is 30.9 Å². The minimum atomic E-state index is -0.440. The molecule has 0 unspecified atom stereocenters. The molecule has 0 N–H and O–H groups in total. The van der Waals surface area contributed by atoms with E-state index in [-0.39, 0.29) is 12.2 Å². The van der Waals surface area contributed by atoms with Crippen LogP contribution >= 0.6 is 0 Å². The molecule has 0 aliphatic carbocycles. The summed E-state index contributed by atoms with van der Waals surface area (Å²) >= 11 is 0. The smallest absolute Gasteiger partial charge is 0.313 e. The van der Waals surface area contributed by atoms with Crippen LogP contribution in [0, 0.1) is 0 Å². The lowest BCUT2D eigenvalue weighted by Gasteiger charge is -2.04. The number of carbonyl (C=O) groups excluding carboxylic acids is 2. The van der Waals surface area contributed by atoms with E-state index in [1.807, 2.05) is 24.3 Å². The number of aryl methyl sites for hydroxylation is 1. The van der Waals surface area contributed by atoms with Crippen molar-refractivity contribution in [3.63, 3.8) is 0 Å². The predicted octanol–water partition coefficient (Wildman–Crippen LogP) is 2.78. The van der Waals surface area contributed by atoms with Crippen LogP contribution in [0.15, 0.2) is 30.8 Å². The summed E-state index contributed by atoms with van der Waals surface area (Å²) < 4.78 is 4.94. The second-order valence-corrected chi connectivity index (χ2v) is 4.15. The highest BCUT2D eigenvalue weighted by Crippen LogP contribution is 2.07. The zero-order chi connectivity index (χ0) is 13.4. The Bertz CT molecular complexity index is 418. The van der Waals surface area contributed by atoms with Crippen molar-refractivity contribution in [3.8, 4) is 0 Å². The normalized spacial score (nSPS) is 9.83. The number of ether oxygens (including phenoxy) is 1. The Kier molecular flexibility index (Phi) is 5.85. The highest BCUT2D eigenvalue weighted by Gasteiger charge is 2.05. The van der Waals surface area contributed by atoms with Crippen LogP contribution in [-0.2, 0) is 20.7 Å². The predicted molar refractivity (Wildman–Crippen MR) is 71.1 cm³/mol. The van der Waals surface area contributed by atoms with Crippen molar-refractivity contribution < 1.29 is 14.3 Å². The van der Waals surface area contributed by atoms with Gasteiger partial charge in [0.15, 0.2) is 0 Å². The van der Waals surface area contributed by atoms with E-state index >= 15 is 0 Å². The number of esters is 1. The van der Waals surface area contributed by atoms with Gasteiger partial charge in [-0.1, -0.05) is 36.9 Å². The molecule has 3 nitrogen and oxygen atoms in total. The molecule has 1 aromatic rings. The summed E-state index contributed by atoms with van der Waals surface area (Å²) in [5, 5.41) is 0. The zero-order valence-corrected chi connectivity index (χ0v) is 10.6. The molecule has 0 saturated heterocycles. The summed E-state index contributed by atoms with van der Waals surface area (Å²) in [6.07, 6.45) is 3.28. The van der Waals surface area contributed by atoms with E-state index in [0.717, 1.165) is 18.4 Å². The van der Waals surface area contributed by atoms with Crippen LogP contribution < -0.4 is 0 Å². The molecule has 18 heavy (non-hydrogen) atoms. The Hall–Kier alpha value is -1.90. The van der Waals surface area contributed by atoms with E-state index in [1.54, 1.807) is 6.08 Å². The Morgan fingerprint density at radius 3 is 2.50 bits per heavy atom. The van der Waals surface area contributed by atoms with Gasteiger partial charge in [0, 0.05) is 0 Å². The third-order valence-electron chi connectivity index (χ3n) is 2.48. The molecule has 0 heterocycles. The van der Waals surface area contributed by atoms with Crippen LogP contribution in [0.25, 0.3) is 6.08 Å². The largest absolute Gasteiger partial charge is 0.465 e. The number of hydrogen-bond acceptors (Lipinski definition) is 3. The van der Waals surface area contributed by atoms with Crippen molar-refractivity contribution in [2.75, 3.05) is 6.61 Å². The van der Waals surface area contributed by atoms with E-state index in [1.165, 1.54) is 12.5 Å². The molecule has 0 aliphatic heterocycles.